The number of hydrogen-bond acceptors (Lipinski definition) is 1. The van der Waals surface area contributed by atoms with E-state index in [1.165, 1.54) is 0 Å². The summed E-state index contributed by atoms with van der Waals surface area (Å²) in [5, 5.41) is 0. The van der Waals surface area contributed by atoms with E-state index in [1.54, 1.807) is 0 Å². The smallest absolute Gasteiger partial charge is 0.378 e. The lowest BCUT2D eigenvalue weighted by molar-refractivity contribution is -0.400. The van der Waals surface area contributed by atoms with E-state index in [0.29, 0.717) is 7.11 Å². The van der Waals surface area contributed by atoms with Crippen LogP contribution >= 0.6 is 0 Å². The fourth-order valence-electron chi connectivity index (χ4n) is 0.856. The summed E-state index contributed by atoms with van der Waals surface area (Å²) in [6, 6.07) is 0. The maximum atomic E-state index is 12.7. The molecule has 0 aliphatic heterocycles. The molecule has 0 radical (unpaired) electrons. The SMILES string of the molecule is COCC(F)(F)C(F)(C(F)(F)F)C(F)(F)F. The van der Waals surface area contributed by atoms with E-state index in [4.69, 9.17) is 0 Å². The minimum absolute atomic E-state index is 0.418. The molecule has 0 rings (SSSR count). The molecular weight excluding hydrogens is 259 g/mol. The van der Waals surface area contributed by atoms with Gasteiger partial charge in [0.2, 0.25) is 0 Å². The van der Waals surface area contributed by atoms with E-state index < -0.39 is 30.6 Å². The second kappa shape index (κ2) is 3.97. The molecule has 0 aromatic carbocycles. The van der Waals surface area contributed by atoms with Crippen LogP contribution in [0.3, 0.4) is 0 Å². The van der Waals surface area contributed by atoms with Gasteiger partial charge in [-0.25, -0.2) is 4.39 Å². The van der Waals surface area contributed by atoms with Crippen molar-refractivity contribution in [2.75, 3.05) is 13.7 Å². The van der Waals surface area contributed by atoms with Crippen LogP contribution in [0.5, 0.6) is 0 Å². The summed E-state index contributed by atoms with van der Waals surface area (Å²) in [7, 11) is 0.418. The highest BCUT2D eigenvalue weighted by molar-refractivity contribution is 5.05. The Morgan fingerprint density at radius 1 is 0.750 bits per heavy atom. The van der Waals surface area contributed by atoms with E-state index in [-0.39, 0.29) is 0 Å². The van der Waals surface area contributed by atoms with E-state index in [0.717, 1.165) is 0 Å². The van der Waals surface area contributed by atoms with Crippen LogP contribution in [0.25, 0.3) is 0 Å². The van der Waals surface area contributed by atoms with Crippen molar-refractivity contribution in [2.24, 2.45) is 0 Å². The van der Waals surface area contributed by atoms with Crippen molar-refractivity contribution in [3.8, 4) is 0 Å². The first-order valence-corrected chi connectivity index (χ1v) is 3.50. The highest BCUT2D eigenvalue weighted by Crippen LogP contribution is 2.54. The summed E-state index contributed by atoms with van der Waals surface area (Å²) in [4.78, 5) is 0. The first-order chi connectivity index (χ1) is 6.81. The third kappa shape index (κ3) is 2.20. The van der Waals surface area contributed by atoms with E-state index in [1.807, 2.05) is 0 Å². The first kappa shape index (κ1) is 15.3. The van der Waals surface area contributed by atoms with Crippen molar-refractivity contribution >= 4 is 0 Å². The molecule has 0 saturated heterocycles. The average Bonchev–Trinajstić information content (AvgIpc) is 1.98. The molecule has 0 aromatic heterocycles. The normalized spacial score (nSPS) is 15.4. The molecule has 0 aromatic rings. The standard InChI is InChI=1S/C6H5F9O/c1-16-2-3(7,8)4(9,5(10,11)12)6(13,14)15/h2H2,1H3. The topological polar surface area (TPSA) is 9.23 Å². The summed E-state index contributed by atoms with van der Waals surface area (Å²) in [5.74, 6) is -5.77. The zero-order valence-corrected chi connectivity index (χ0v) is 7.52. The van der Waals surface area contributed by atoms with Crippen LogP contribution in [-0.2, 0) is 4.74 Å². The Balaban J connectivity index is 5.61. The summed E-state index contributed by atoms with van der Waals surface area (Å²) >= 11 is 0. The Hall–Kier alpha value is -0.670. The van der Waals surface area contributed by atoms with Crippen LogP contribution in [0.15, 0.2) is 0 Å². The average molecular weight is 264 g/mol. The number of halogens is 9. The number of alkyl halides is 9. The largest absolute Gasteiger partial charge is 0.437 e. The van der Waals surface area contributed by atoms with Gasteiger partial charge in [-0.2, -0.15) is 35.1 Å². The summed E-state index contributed by atoms with van der Waals surface area (Å²) in [6.07, 6.45) is -13.6. The Morgan fingerprint density at radius 3 is 1.25 bits per heavy atom. The van der Waals surface area contributed by atoms with Gasteiger partial charge in [0.15, 0.2) is 0 Å². The predicted octanol–water partition coefficient (Wildman–Crippen LogP) is 3.10. The van der Waals surface area contributed by atoms with Gasteiger partial charge in [-0.3, -0.25) is 0 Å². The van der Waals surface area contributed by atoms with Crippen LogP contribution in [0, 0.1) is 0 Å². The van der Waals surface area contributed by atoms with Gasteiger partial charge in [-0.1, -0.05) is 0 Å². The molecule has 0 aliphatic rings. The summed E-state index contributed by atoms with van der Waals surface area (Å²) in [6.45, 7) is -2.34. The molecule has 16 heavy (non-hydrogen) atoms. The Bertz CT molecular complexity index is 225. The van der Waals surface area contributed by atoms with Gasteiger partial charge in [0.25, 0.3) is 0 Å². The lowest BCUT2D eigenvalue weighted by Crippen LogP contribution is -2.65. The lowest BCUT2D eigenvalue weighted by atomic mass is 9.96. The van der Waals surface area contributed by atoms with E-state index in [2.05, 4.69) is 4.74 Å². The highest BCUT2D eigenvalue weighted by atomic mass is 19.4. The van der Waals surface area contributed by atoms with Crippen LogP contribution in [0.2, 0.25) is 0 Å². The number of methoxy groups -OCH3 is 1. The summed E-state index contributed by atoms with van der Waals surface area (Å²) in [5.41, 5.74) is -6.64. The lowest BCUT2D eigenvalue weighted by Gasteiger charge is -2.35. The molecule has 0 bridgehead atoms. The van der Waals surface area contributed by atoms with Gasteiger partial charge in [0, 0.05) is 7.11 Å². The monoisotopic (exact) mass is 264 g/mol. The third-order valence-corrected chi connectivity index (χ3v) is 1.61. The second-order valence-corrected chi connectivity index (χ2v) is 2.79. The zero-order chi connectivity index (χ0) is 13.4. The van der Waals surface area contributed by atoms with Crippen molar-refractivity contribution in [1.29, 1.82) is 0 Å². The molecular formula is C6H5F9O. The minimum Gasteiger partial charge on any atom is -0.378 e. The number of hydrogen-bond donors (Lipinski definition) is 0. The molecule has 0 unspecified atom stereocenters. The maximum absolute atomic E-state index is 12.7. The van der Waals surface area contributed by atoms with Crippen molar-refractivity contribution < 1.29 is 44.3 Å². The fourth-order valence-corrected chi connectivity index (χ4v) is 0.856. The van der Waals surface area contributed by atoms with Crippen LogP contribution in [0.1, 0.15) is 0 Å². The van der Waals surface area contributed by atoms with Crippen molar-refractivity contribution in [3.63, 3.8) is 0 Å². The van der Waals surface area contributed by atoms with Gasteiger partial charge < -0.3 is 4.74 Å². The molecule has 1 nitrogen and oxygen atoms in total. The highest BCUT2D eigenvalue weighted by Gasteiger charge is 2.84. The second-order valence-electron chi connectivity index (χ2n) is 2.79. The first-order valence-electron chi connectivity index (χ1n) is 3.50. The van der Waals surface area contributed by atoms with E-state index >= 15 is 0 Å². The van der Waals surface area contributed by atoms with E-state index in [9.17, 15) is 39.5 Å². The zero-order valence-electron chi connectivity index (χ0n) is 7.52. The quantitative estimate of drug-likeness (QED) is 0.712. The maximum Gasteiger partial charge on any atom is 0.437 e. The van der Waals surface area contributed by atoms with Crippen LogP contribution in [0.4, 0.5) is 39.5 Å². The molecule has 0 aliphatic carbocycles. The molecule has 0 heterocycles. The Kier molecular flexibility index (Phi) is 3.80. The fraction of sp³-hybridized carbons (Fsp3) is 1.00. The Morgan fingerprint density at radius 2 is 1.06 bits per heavy atom. The molecule has 0 atom stereocenters. The molecule has 0 fully saturated rings. The minimum atomic E-state index is -6.80. The third-order valence-electron chi connectivity index (χ3n) is 1.61. The van der Waals surface area contributed by atoms with Crippen molar-refractivity contribution in [2.45, 2.75) is 23.9 Å². The van der Waals surface area contributed by atoms with Gasteiger partial charge in [-0.05, 0) is 0 Å². The molecule has 0 amide bonds. The molecule has 0 spiro atoms. The van der Waals surface area contributed by atoms with Crippen molar-refractivity contribution in [3.05, 3.63) is 0 Å². The van der Waals surface area contributed by atoms with Gasteiger partial charge in [-0.15, -0.1) is 0 Å². The predicted molar refractivity (Wildman–Crippen MR) is 32.8 cm³/mol. The molecule has 0 saturated carbocycles. The van der Waals surface area contributed by atoms with Gasteiger partial charge in [0.1, 0.15) is 6.61 Å². The van der Waals surface area contributed by atoms with Crippen molar-refractivity contribution in [1.82, 2.24) is 0 Å². The van der Waals surface area contributed by atoms with Crippen LogP contribution in [-0.4, -0.2) is 37.7 Å². The molecule has 10 heteroatoms. The van der Waals surface area contributed by atoms with Crippen LogP contribution < -0.4 is 0 Å². The molecule has 98 valence electrons. The van der Waals surface area contributed by atoms with Gasteiger partial charge in [0.05, 0.1) is 0 Å². The number of ether oxygens (including phenoxy) is 1. The van der Waals surface area contributed by atoms with Gasteiger partial charge >= 0.3 is 23.9 Å². The Labute approximate surface area is 83.2 Å². The molecule has 0 N–H and O–H groups in total. The summed E-state index contributed by atoms with van der Waals surface area (Å²) < 4.78 is 112. The number of rotatable bonds is 3.